The number of aromatic nitrogens is 3. The SMILES string of the molecule is Cc1nc(COc2ccccc2C(=O)Nc2nc(-c3cc(C)sc3C)cs2)no1. The average molecular weight is 427 g/mol. The number of thiophene rings is 1. The first-order chi connectivity index (χ1) is 14.0. The Balaban J connectivity index is 1.48. The first-order valence-corrected chi connectivity index (χ1v) is 10.5. The maximum absolute atomic E-state index is 12.8. The van der Waals surface area contributed by atoms with Crippen molar-refractivity contribution in [2.75, 3.05) is 5.32 Å². The Morgan fingerprint density at radius 2 is 2.03 bits per heavy atom. The molecule has 0 aliphatic rings. The summed E-state index contributed by atoms with van der Waals surface area (Å²) in [5.41, 5.74) is 2.37. The van der Waals surface area contributed by atoms with Gasteiger partial charge in [-0.15, -0.1) is 22.7 Å². The maximum atomic E-state index is 12.8. The third-order valence-corrected chi connectivity index (χ3v) is 5.82. The number of rotatable bonds is 6. The minimum atomic E-state index is -0.288. The lowest BCUT2D eigenvalue weighted by molar-refractivity contribution is 0.102. The number of anilines is 1. The summed E-state index contributed by atoms with van der Waals surface area (Å²) in [6, 6.07) is 9.13. The molecular formula is C20H18N4O3S2. The molecule has 9 heteroatoms. The van der Waals surface area contributed by atoms with Gasteiger partial charge in [0, 0.05) is 27.6 Å². The number of nitrogens with zero attached hydrogens (tertiary/aromatic N) is 3. The first kappa shape index (κ1) is 19.3. The van der Waals surface area contributed by atoms with E-state index in [1.165, 1.54) is 21.1 Å². The third-order valence-electron chi connectivity index (χ3n) is 4.10. The number of hydrogen-bond acceptors (Lipinski definition) is 8. The van der Waals surface area contributed by atoms with Crippen molar-refractivity contribution in [2.45, 2.75) is 27.4 Å². The minimum Gasteiger partial charge on any atom is -0.485 e. The van der Waals surface area contributed by atoms with Gasteiger partial charge in [0.05, 0.1) is 11.3 Å². The summed E-state index contributed by atoms with van der Waals surface area (Å²) in [5.74, 6) is 1.03. The lowest BCUT2D eigenvalue weighted by atomic mass is 10.2. The number of amides is 1. The van der Waals surface area contributed by atoms with E-state index in [1.807, 2.05) is 5.38 Å². The highest BCUT2D eigenvalue weighted by atomic mass is 32.1. The second-order valence-electron chi connectivity index (χ2n) is 6.33. The Bertz CT molecular complexity index is 1160. The largest absolute Gasteiger partial charge is 0.485 e. The van der Waals surface area contributed by atoms with Gasteiger partial charge < -0.3 is 9.26 Å². The van der Waals surface area contributed by atoms with Crippen LogP contribution >= 0.6 is 22.7 Å². The van der Waals surface area contributed by atoms with Crippen molar-refractivity contribution in [3.05, 3.63) is 62.7 Å². The molecule has 0 atom stereocenters. The number of hydrogen-bond donors (Lipinski definition) is 1. The molecule has 3 aromatic heterocycles. The third kappa shape index (κ3) is 4.36. The van der Waals surface area contributed by atoms with Gasteiger partial charge in [0.15, 0.2) is 11.7 Å². The summed E-state index contributed by atoms with van der Waals surface area (Å²) in [4.78, 5) is 23.9. The molecule has 3 heterocycles. The molecule has 0 unspecified atom stereocenters. The molecular weight excluding hydrogens is 408 g/mol. The molecule has 1 aromatic carbocycles. The zero-order valence-electron chi connectivity index (χ0n) is 16.1. The van der Waals surface area contributed by atoms with Gasteiger partial charge in [-0.1, -0.05) is 17.3 Å². The molecule has 1 N–H and O–H groups in total. The van der Waals surface area contributed by atoms with Crippen LogP contribution in [0.4, 0.5) is 5.13 Å². The van der Waals surface area contributed by atoms with E-state index in [-0.39, 0.29) is 12.5 Å². The van der Waals surface area contributed by atoms with Gasteiger partial charge in [-0.2, -0.15) is 4.98 Å². The number of thiazole rings is 1. The van der Waals surface area contributed by atoms with Crippen molar-refractivity contribution >= 4 is 33.7 Å². The van der Waals surface area contributed by atoms with Crippen LogP contribution in [-0.2, 0) is 6.61 Å². The Kier molecular flexibility index (Phi) is 5.41. The lowest BCUT2D eigenvalue weighted by Crippen LogP contribution is -2.13. The standard InChI is InChI=1S/C20H18N4O3S2/c1-11-8-15(12(2)29-11)16-10-28-20(22-16)23-19(25)14-6-4-5-7-17(14)26-9-18-21-13(3)27-24-18/h4-8,10H,9H2,1-3H3,(H,22,23,25). The van der Waals surface area contributed by atoms with Crippen LogP contribution in [0.1, 0.15) is 31.8 Å². The highest BCUT2D eigenvalue weighted by Gasteiger charge is 2.16. The Hall–Kier alpha value is -3.04. The molecule has 0 saturated carbocycles. The van der Waals surface area contributed by atoms with Crippen LogP contribution < -0.4 is 10.1 Å². The second-order valence-corrected chi connectivity index (χ2v) is 8.65. The van der Waals surface area contributed by atoms with Gasteiger partial charge in [0.1, 0.15) is 5.75 Å². The quantitative estimate of drug-likeness (QED) is 0.466. The van der Waals surface area contributed by atoms with E-state index in [9.17, 15) is 4.79 Å². The molecule has 1 amide bonds. The van der Waals surface area contributed by atoms with Gasteiger partial charge in [-0.3, -0.25) is 10.1 Å². The van der Waals surface area contributed by atoms with E-state index >= 15 is 0 Å². The van der Waals surface area contributed by atoms with E-state index in [2.05, 4.69) is 40.4 Å². The van der Waals surface area contributed by atoms with E-state index < -0.39 is 0 Å². The summed E-state index contributed by atoms with van der Waals surface area (Å²) in [5, 5.41) is 9.14. The molecule has 0 aliphatic carbocycles. The number of ether oxygens (including phenoxy) is 1. The van der Waals surface area contributed by atoms with E-state index in [1.54, 1.807) is 42.5 Å². The predicted molar refractivity (Wildman–Crippen MR) is 113 cm³/mol. The molecule has 29 heavy (non-hydrogen) atoms. The molecule has 4 rings (SSSR count). The summed E-state index contributed by atoms with van der Waals surface area (Å²) >= 11 is 3.13. The smallest absolute Gasteiger partial charge is 0.261 e. The molecule has 0 saturated heterocycles. The number of benzene rings is 1. The van der Waals surface area contributed by atoms with Crippen molar-refractivity contribution in [1.29, 1.82) is 0 Å². The predicted octanol–water partition coefficient (Wildman–Crippen LogP) is 5.01. The van der Waals surface area contributed by atoms with Crippen LogP contribution in [-0.4, -0.2) is 21.0 Å². The molecule has 0 bridgehead atoms. The normalized spacial score (nSPS) is 10.9. The Morgan fingerprint density at radius 1 is 1.21 bits per heavy atom. The van der Waals surface area contributed by atoms with Crippen molar-refractivity contribution in [3.8, 4) is 17.0 Å². The van der Waals surface area contributed by atoms with E-state index in [4.69, 9.17) is 9.26 Å². The monoisotopic (exact) mass is 426 g/mol. The van der Waals surface area contributed by atoms with E-state index in [0.717, 1.165) is 11.3 Å². The van der Waals surface area contributed by atoms with Gasteiger partial charge >= 0.3 is 0 Å². The van der Waals surface area contributed by atoms with Gasteiger partial charge in [-0.25, -0.2) is 4.98 Å². The summed E-state index contributed by atoms with van der Waals surface area (Å²) in [6.07, 6.45) is 0. The summed E-state index contributed by atoms with van der Waals surface area (Å²) in [6.45, 7) is 5.96. The van der Waals surface area contributed by atoms with Crippen molar-refractivity contribution in [2.24, 2.45) is 0 Å². The van der Waals surface area contributed by atoms with Crippen LogP contribution in [0.25, 0.3) is 11.3 Å². The number of carbonyl (C=O) groups excluding carboxylic acids is 1. The Morgan fingerprint density at radius 3 is 2.76 bits per heavy atom. The van der Waals surface area contributed by atoms with Crippen LogP contribution in [0.3, 0.4) is 0 Å². The van der Waals surface area contributed by atoms with Crippen molar-refractivity contribution in [3.63, 3.8) is 0 Å². The van der Waals surface area contributed by atoms with Gasteiger partial charge in [0.25, 0.3) is 5.91 Å². The zero-order chi connectivity index (χ0) is 20.4. The van der Waals surface area contributed by atoms with Crippen LogP contribution in [0.15, 0.2) is 40.2 Å². The zero-order valence-corrected chi connectivity index (χ0v) is 17.7. The summed E-state index contributed by atoms with van der Waals surface area (Å²) < 4.78 is 10.7. The van der Waals surface area contributed by atoms with Crippen LogP contribution in [0.5, 0.6) is 5.75 Å². The molecule has 7 nitrogen and oxygen atoms in total. The molecule has 0 spiro atoms. The second kappa shape index (κ2) is 8.14. The fraction of sp³-hybridized carbons (Fsp3) is 0.200. The van der Waals surface area contributed by atoms with E-state index in [0.29, 0.717) is 28.2 Å². The van der Waals surface area contributed by atoms with Gasteiger partial charge in [-0.05, 0) is 32.0 Å². The molecule has 0 radical (unpaired) electrons. The Labute approximate surface area is 175 Å². The lowest BCUT2D eigenvalue weighted by Gasteiger charge is -2.09. The first-order valence-electron chi connectivity index (χ1n) is 8.85. The highest BCUT2D eigenvalue weighted by molar-refractivity contribution is 7.14. The number of para-hydroxylation sites is 1. The van der Waals surface area contributed by atoms with Crippen molar-refractivity contribution in [1.82, 2.24) is 15.1 Å². The van der Waals surface area contributed by atoms with Crippen molar-refractivity contribution < 1.29 is 14.1 Å². The maximum Gasteiger partial charge on any atom is 0.261 e. The van der Waals surface area contributed by atoms with Crippen LogP contribution in [0, 0.1) is 20.8 Å². The molecule has 0 aliphatic heterocycles. The van der Waals surface area contributed by atoms with Gasteiger partial charge in [0.2, 0.25) is 11.7 Å². The minimum absolute atomic E-state index is 0.111. The number of carbonyl (C=O) groups is 1. The average Bonchev–Trinajstić information content (AvgIpc) is 3.40. The highest BCUT2D eigenvalue weighted by Crippen LogP contribution is 2.33. The fourth-order valence-electron chi connectivity index (χ4n) is 2.83. The summed E-state index contributed by atoms with van der Waals surface area (Å²) in [7, 11) is 0. The number of aryl methyl sites for hydroxylation is 3. The topological polar surface area (TPSA) is 90.1 Å². The molecule has 148 valence electrons. The molecule has 4 aromatic rings. The van der Waals surface area contributed by atoms with Crippen LogP contribution in [0.2, 0.25) is 0 Å². The molecule has 0 fully saturated rings. The number of nitrogens with one attached hydrogen (secondary N) is 1. The fourth-order valence-corrected chi connectivity index (χ4v) is 4.47.